The number of benzene rings is 2. The van der Waals surface area contributed by atoms with Gasteiger partial charge in [-0.25, -0.2) is 4.67 Å². The van der Waals surface area contributed by atoms with Crippen molar-refractivity contribution < 1.29 is 14.1 Å². The zero-order valence-corrected chi connectivity index (χ0v) is 14.9. The number of hydrogen-bond acceptors (Lipinski definition) is 3. The topological polar surface area (TPSA) is 46.6 Å². The fourth-order valence-electron chi connectivity index (χ4n) is 4.00. The summed E-state index contributed by atoms with van der Waals surface area (Å²) in [5.41, 5.74) is 0. The van der Waals surface area contributed by atoms with E-state index in [2.05, 4.69) is 12.2 Å². The smallest absolute Gasteiger partial charge is 0.324 e. The van der Waals surface area contributed by atoms with Crippen LogP contribution in [0, 0.1) is 5.92 Å². The number of carbonyl (C=O) groups is 1. The third kappa shape index (κ3) is 2.48. The second-order valence-electron chi connectivity index (χ2n) is 6.45. The maximum Gasteiger partial charge on any atom is 0.324 e. The highest BCUT2D eigenvalue weighted by Crippen LogP contribution is 2.57. The molecule has 1 saturated heterocycles. The van der Waals surface area contributed by atoms with Gasteiger partial charge in [-0.1, -0.05) is 48.6 Å². The van der Waals surface area contributed by atoms with E-state index >= 15 is 0 Å². The summed E-state index contributed by atoms with van der Waals surface area (Å²) < 4.78 is 21.5. The van der Waals surface area contributed by atoms with Crippen molar-refractivity contribution in [2.75, 3.05) is 7.11 Å². The normalized spacial score (nSPS) is 25.2. The Morgan fingerprint density at radius 3 is 2.08 bits per heavy atom. The minimum atomic E-state index is -3.16. The first-order valence-electron chi connectivity index (χ1n) is 8.42. The molecule has 1 aliphatic carbocycles. The summed E-state index contributed by atoms with van der Waals surface area (Å²) in [5, 5.41) is 1.49. The highest BCUT2D eigenvalue weighted by Gasteiger charge is 2.55. The first-order chi connectivity index (χ1) is 12.2. The molecule has 1 fully saturated rings. The third-order valence-electron chi connectivity index (χ3n) is 5.10. The Kier molecular flexibility index (Phi) is 4.10. The SMILES string of the molecule is COC(=O)[C@H]1[C@@H]2C=C[C@@H](C2)N1P(=O)(c1ccccc1)c1ccccc1. The molecule has 0 spiro atoms. The molecule has 0 aromatic heterocycles. The molecule has 0 saturated carbocycles. The van der Waals surface area contributed by atoms with E-state index in [9.17, 15) is 9.36 Å². The van der Waals surface area contributed by atoms with Gasteiger partial charge in [0.25, 0.3) is 0 Å². The van der Waals surface area contributed by atoms with Crippen LogP contribution in [0.5, 0.6) is 0 Å². The Hall–Kier alpha value is -2.16. The molecule has 1 heterocycles. The number of carbonyl (C=O) groups excluding carboxylic acids is 1. The molecule has 2 aromatic rings. The zero-order chi connectivity index (χ0) is 17.4. The van der Waals surface area contributed by atoms with Gasteiger partial charge in [-0.3, -0.25) is 9.36 Å². The lowest BCUT2D eigenvalue weighted by Crippen LogP contribution is -2.46. The van der Waals surface area contributed by atoms with Gasteiger partial charge in [0, 0.05) is 22.6 Å². The Balaban J connectivity index is 1.91. The monoisotopic (exact) mass is 353 g/mol. The van der Waals surface area contributed by atoms with Crippen molar-refractivity contribution in [3.05, 3.63) is 72.8 Å². The van der Waals surface area contributed by atoms with Gasteiger partial charge in [-0.2, -0.15) is 0 Å². The van der Waals surface area contributed by atoms with Gasteiger partial charge in [0.05, 0.1) is 7.11 Å². The Labute approximate surface area is 147 Å². The van der Waals surface area contributed by atoms with E-state index in [1.165, 1.54) is 7.11 Å². The molecule has 2 aliphatic rings. The molecule has 0 unspecified atom stereocenters. The van der Waals surface area contributed by atoms with Crippen molar-refractivity contribution in [2.45, 2.75) is 18.5 Å². The maximum absolute atomic E-state index is 14.5. The summed E-state index contributed by atoms with van der Waals surface area (Å²) >= 11 is 0. The van der Waals surface area contributed by atoms with Crippen molar-refractivity contribution in [2.24, 2.45) is 5.92 Å². The number of ether oxygens (including phenoxy) is 1. The largest absolute Gasteiger partial charge is 0.468 e. The van der Waals surface area contributed by atoms with E-state index in [-0.39, 0.29) is 17.9 Å². The van der Waals surface area contributed by atoms with E-state index in [0.717, 1.165) is 17.0 Å². The second-order valence-corrected chi connectivity index (χ2v) is 9.09. The zero-order valence-electron chi connectivity index (χ0n) is 14.0. The van der Waals surface area contributed by atoms with E-state index in [4.69, 9.17) is 4.74 Å². The van der Waals surface area contributed by atoms with Crippen molar-refractivity contribution in [3.63, 3.8) is 0 Å². The predicted molar refractivity (Wildman–Crippen MR) is 98.4 cm³/mol. The number of esters is 1. The summed E-state index contributed by atoms with van der Waals surface area (Å²) in [5.74, 6) is -0.262. The lowest BCUT2D eigenvalue weighted by molar-refractivity contribution is -0.145. The molecule has 4 nitrogen and oxygen atoms in total. The summed E-state index contributed by atoms with van der Waals surface area (Å²) in [6, 6.07) is 18.4. The van der Waals surface area contributed by atoms with Crippen molar-refractivity contribution in [3.8, 4) is 0 Å². The van der Waals surface area contributed by atoms with Crippen LogP contribution in [0.1, 0.15) is 6.42 Å². The molecule has 3 atom stereocenters. The van der Waals surface area contributed by atoms with Crippen molar-refractivity contribution >= 4 is 23.9 Å². The van der Waals surface area contributed by atoms with Crippen LogP contribution in [0.4, 0.5) is 0 Å². The van der Waals surface area contributed by atoms with Gasteiger partial charge >= 0.3 is 5.97 Å². The molecule has 2 aromatic carbocycles. The lowest BCUT2D eigenvalue weighted by Gasteiger charge is -2.37. The molecule has 5 heteroatoms. The standard InChI is InChI=1S/C20H20NO3P/c1-24-20(22)19-15-12-13-16(14-15)21(19)25(23,17-8-4-2-5-9-17)18-10-6-3-7-11-18/h2-13,15-16,19H,14H2,1H3/t15-,16+,19-/m1/s1. The van der Waals surface area contributed by atoms with Crippen LogP contribution in [0.3, 0.4) is 0 Å². The Bertz CT molecular complexity index is 806. The average Bonchev–Trinajstić information content (AvgIpc) is 3.30. The van der Waals surface area contributed by atoms with Crippen LogP contribution in [-0.4, -0.2) is 29.8 Å². The average molecular weight is 353 g/mol. The highest BCUT2D eigenvalue weighted by molar-refractivity contribution is 7.76. The molecule has 2 bridgehead atoms. The molecule has 0 N–H and O–H groups in total. The maximum atomic E-state index is 14.5. The highest BCUT2D eigenvalue weighted by atomic mass is 31.2. The minimum absolute atomic E-state index is 0.0136. The van der Waals surface area contributed by atoms with Gasteiger partial charge in [0.1, 0.15) is 6.04 Å². The van der Waals surface area contributed by atoms with Gasteiger partial charge in [0.15, 0.2) is 0 Å². The van der Waals surface area contributed by atoms with Crippen molar-refractivity contribution in [1.82, 2.24) is 4.67 Å². The summed E-state index contributed by atoms with van der Waals surface area (Å²) in [6.45, 7) is 0. The number of fused-ring (bicyclic) bond motifs is 2. The van der Waals surface area contributed by atoms with Crippen LogP contribution < -0.4 is 10.6 Å². The Morgan fingerprint density at radius 2 is 1.56 bits per heavy atom. The van der Waals surface area contributed by atoms with Gasteiger partial charge < -0.3 is 4.74 Å². The fraction of sp³-hybridized carbons (Fsp3) is 0.250. The molecule has 4 rings (SSSR count). The van der Waals surface area contributed by atoms with Crippen LogP contribution in [-0.2, 0) is 14.1 Å². The van der Waals surface area contributed by atoms with Crippen LogP contribution in [0.25, 0.3) is 0 Å². The van der Waals surface area contributed by atoms with Gasteiger partial charge in [-0.05, 0) is 30.7 Å². The summed E-state index contributed by atoms with van der Waals surface area (Å²) in [4.78, 5) is 12.5. The number of hydrogen-bond donors (Lipinski definition) is 0. The van der Waals surface area contributed by atoms with Crippen molar-refractivity contribution in [1.29, 1.82) is 0 Å². The van der Waals surface area contributed by atoms with Crippen LogP contribution >= 0.6 is 7.29 Å². The molecular formula is C20H20NO3P. The first-order valence-corrected chi connectivity index (χ1v) is 10.1. The number of methoxy groups -OCH3 is 1. The summed E-state index contributed by atoms with van der Waals surface area (Å²) in [7, 11) is -1.76. The number of rotatable bonds is 4. The lowest BCUT2D eigenvalue weighted by atomic mass is 10.0. The fourth-order valence-corrected chi connectivity index (χ4v) is 7.19. The molecule has 25 heavy (non-hydrogen) atoms. The predicted octanol–water partition coefficient (Wildman–Crippen LogP) is 2.72. The number of nitrogens with zero attached hydrogens (tertiary/aromatic N) is 1. The minimum Gasteiger partial charge on any atom is -0.468 e. The molecule has 128 valence electrons. The first kappa shape index (κ1) is 16.3. The van der Waals surface area contributed by atoms with E-state index in [0.29, 0.717) is 0 Å². The summed E-state index contributed by atoms with van der Waals surface area (Å²) in [6.07, 6.45) is 4.94. The molecule has 1 aliphatic heterocycles. The third-order valence-corrected chi connectivity index (χ3v) is 8.30. The van der Waals surface area contributed by atoms with E-state index in [1.807, 2.05) is 65.3 Å². The Morgan fingerprint density at radius 1 is 1.00 bits per heavy atom. The molecule has 0 amide bonds. The van der Waals surface area contributed by atoms with Gasteiger partial charge in [-0.15, -0.1) is 0 Å². The van der Waals surface area contributed by atoms with Gasteiger partial charge in [0.2, 0.25) is 7.29 Å². The van der Waals surface area contributed by atoms with E-state index < -0.39 is 13.3 Å². The second kappa shape index (κ2) is 6.29. The van der Waals surface area contributed by atoms with E-state index in [1.54, 1.807) is 0 Å². The van der Waals surface area contributed by atoms with Crippen LogP contribution in [0.15, 0.2) is 72.8 Å². The molecule has 0 radical (unpaired) electrons. The quantitative estimate of drug-likeness (QED) is 0.482. The molecular weight excluding hydrogens is 333 g/mol. The van der Waals surface area contributed by atoms with Crippen LogP contribution in [0.2, 0.25) is 0 Å².